The molecule has 0 atom stereocenters. The van der Waals surface area contributed by atoms with E-state index in [9.17, 15) is 0 Å². The second kappa shape index (κ2) is 3.32. The van der Waals surface area contributed by atoms with Gasteiger partial charge in [-0.15, -0.1) is 0 Å². The van der Waals surface area contributed by atoms with E-state index in [2.05, 4.69) is 4.90 Å². The van der Waals surface area contributed by atoms with Crippen LogP contribution in [0.1, 0.15) is 12.8 Å². The molecule has 0 aromatic heterocycles. The van der Waals surface area contributed by atoms with Crippen molar-refractivity contribution in [3.05, 3.63) is 0 Å². The number of nitrogens with zero attached hydrogens (tertiary/aromatic N) is 1. The maximum atomic E-state index is 9.13. The SMILES string of the molecule is OCC1(CN2CCOCC2)CC1. The molecule has 1 N–H and O–H groups in total. The molecule has 1 saturated heterocycles. The van der Waals surface area contributed by atoms with Crippen LogP contribution in [0.2, 0.25) is 0 Å². The third-order valence-corrected chi connectivity index (χ3v) is 2.96. The van der Waals surface area contributed by atoms with Gasteiger partial charge in [0, 0.05) is 31.7 Å². The number of aliphatic hydroxyl groups is 1. The lowest BCUT2D eigenvalue weighted by Gasteiger charge is -2.29. The number of rotatable bonds is 3. The van der Waals surface area contributed by atoms with Crippen molar-refractivity contribution in [2.75, 3.05) is 39.5 Å². The minimum absolute atomic E-state index is 0.275. The summed E-state index contributed by atoms with van der Waals surface area (Å²) >= 11 is 0. The van der Waals surface area contributed by atoms with Crippen molar-refractivity contribution in [3.8, 4) is 0 Å². The second-order valence-corrected chi connectivity index (χ2v) is 4.05. The number of ether oxygens (including phenoxy) is 1. The first-order valence-electron chi connectivity index (χ1n) is 4.76. The van der Waals surface area contributed by atoms with Gasteiger partial charge in [0.1, 0.15) is 0 Å². The molecule has 0 unspecified atom stereocenters. The Morgan fingerprint density at radius 3 is 2.42 bits per heavy atom. The van der Waals surface area contributed by atoms with Gasteiger partial charge in [0.05, 0.1) is 13.2 Å². The molecule has 1 saturated carbocycles. The van der Waals surface area contributed by atoms with Crippen LogP contribution >= 0.6 is 0 Å². The predicted octanol–water partition coefficient (Wildman–Crippen LogP) is 0.0911. The fourth-order valence-corrected chi connectivity index (χ4v) is 1.78. The molecular formula is C9H17NO2. The first kappa shape index (κ1) is 8.48. The number of morpholine rings is 1. The molecule has 0 spiro atoms. The van der Waals surface area contributed by atoms with Crippen molar-refractivity contribution in [2.45, 2.75) is 12.8 Å². The van der Waals surface area contributed by atoms with Gasteiger partial charge in [0.25, 0.3) is 0 Å². The fourth-order valence-electron chi connectivity index (χ4n) is 1.78. The lowest BCUT2D eigenvalue weighted by molar-refractivity contribution is 0.0222. The van der Waals surface area contributed by atoms with Gasteiger partial charge in [0.15, 0.2) is 0 Å². The molecule has 1 aliphatic heterocycles. The van der Waals surface area contributed by atoms with E-state index in [0.29, 0.717) is 6.61 Å². The van der Waals surface area contributed by atoms with Crippen LogP contribution in [-0.4, -0.2) is 49.5 Å². The zero-order valence-corrected chi connectivity index (χ0v) is 7.46. The molecule has 0 bridgehead atoms. The normalized spacial score (nSPS) is 28.8. The molecule has 3 heteroatoms. The fraction of sp³-hybridized carbons (Fsp3) is 1.00. The Morgan fingerprint density at radius 2 is 1.92 bits per heavy atom. The number of hydrogen-bond donors (Lipinski definition) is 1. The third-order valence-electron chi connectivity index (χ3n) is 2.96. The average molecular weight is 171 g/mol. The molecule has 12 heavy (non-hydrogen) atoms. The van der Waals surface area contributed by atoms with Gasteiger partial charge in [-0.25, -0.2) is 0 Å². The van der Waals surface area contributed by atoms with Crippen molar-refractivity contribution >= 4 is 0 Å². The van der Waals surface area contributed by atoms with Crippen LogP contribution in [0.3, 0.4) is 0 Å². The highest BCUT2D eigenvalue weighted by molar-refractivity contribution is 4.95. The van der Waals surface area contributed by atoms with Crippen LogP contribution in [0.4, 0.5) is 0 Å². The van der Waals surface area contributed by atoms with E-state index in [1.165, 1.54) is 12.8 Å². The van der Waals surface area contributed by atoms with Gasteiger partial charge in [-0.05, 0) is 12.8 Å². The maximum absolute atomic E-state index is 9.13. The molecule has 70 valence electrons. The quantitative estimate of drug-likeness (QED) is 0.653. The summed E-state index contributed by atoms with van der Waals surface area (Å²) in [5, 5.41) is 9.13. The van der Waals surface area contributed by atoms with Crippen molar-refractivity contribution in [1.82, 2.24) is 4.90 Å². The largest absolute Gasteiger partial charge is 0.396 e. The third kappa shape index (κ3) is 1.79. The van der Waals surface area contributed by atoms with Gasteiger partial charge < -0.3 is 9.84 Å². The van der Waals surface area contributed by atoms with Crippen LogP contribution in [0.25, 0.3) is 0 Å². The van der Waals surface area contributed by atoms with Crippen molar-refractivity contribution in [1.29, 1.82) is 0 Å². The first-order chi connectivity index (χ1) is 5.85. The zero-order valence-electron chi connectivity index (χ0n) is 7.46. The van der Waals surface area contributed by atoms with Crippen LogP contribution in [0.5, 0.6) is 0 Å². The first-order valence-corrected chi connectivity index (χ1v) is 4.76. The Labute approximate surface area is 73.3 Å². The molecule has 0 amide bonds. The Kier molecular flexibility index (Phi) is 2.35. The molecule has 0 aromatic carbocycles. The van der Waals surface area contributed by atoms with E-state index in [4.69, 9.17) is 9.84 Å². The van der Waals surface area contributed by atoms with Gasteiger partial charge in [-0.2, -0.15) is 0 Å². The highest BCUT2D eigenvalue weighted by Gasteiger charge is 2.43. The molecular weight excluding hydrogens is 154 g/mol. The van der Waals surface area contributed by atoms with E-state index in [-0.39, 0.29) is 5.41 Å². The van der Waals surface area contributed by atoms with Crippen LogP contribution in [0, 0.1) is 5.41 Å². The average Bonchev–Trinajstić information content (AvgIpc) is 2.88. The molecule has 1 aliphatic carbocycles. The summed E-state index contributed by atoms with van der Waals surface area (Å²) < 4.78 is 5.26. The van der Waals surface area contributed by atoms with Gasteiger partial charge >= 0.3 is 0 Å². The van der Waals surface area contributed by atoms with Crippen molar-refractivity contribution in [3.63, 3.8) is 0 Å². The van der Waals surface area contributed by atoms with Crippen LogP contribution in [0.15, 0.2) is 0 Å². The monoisotopic (exact) mass is 171 g/mol. The standard InChI is InChI=1S/C9H17NO2/c11-8-9(1-2-9)7-10-3-5-12-6-4-10/h11H,1-8H2. The minimum atomic E-state index is 0.275. The van der Waals surface area contributed by atoms with Gasteiger partial charge in [0.2, 0.25) is 0 Å². The van der Waals surface area contributed by atoms with E-state index >= 15 is 0 Å². The molecule has 2 fully saturated rings. The maximum Gasteiger partial charge on any atom is 0.0594 e. The second-order valence-electron chi connectivity index (χ2n) is 4.05. The smallest absolute Gasteiger partial charge is 0.0594 e. The van der Waals surface area contributed by atoms with Crippen molar-refractivity contribution in [2.24, 2.45) is 5.41 Å². The van der Waals surface area contributed by atoms with E-state index in [1.807, 2.05) is 0 Å². The lowest BCUT2D eigenvalue weighted by atomic mass is 10.1. The Morgan fingerprint density at radius 1 is 1.25 bits per heavy atom. The summed E-state index contributed by atoms with van der Waals surface area (Å²) in [6, 6.07) is 0. The number of aliphatic hydroxyl groups excluding tert-OH is 1. The Balaban J connectivity index is 1.77. The summed E-state index contributed by atoms with van der Waals surface area (Å²) in [5.74, 6) is 0. The van der Waals surface area contributed by atoms with E-state index in [0.717, 1.165) is 32.8 Å². The number of hydrogen-bond acceptors (Lipinski definition) is 3. The summed E-state index contributed by atoms with van der Waals surface area (Å²) in [7, 11) is 0. The van der Waals surface area contributed by atoms with Gasteiger partial charge in [-0.3, -0.25) is 4.90 Å². The Hall–Kier alpha value is -0.120. The predicted molar refractivity (Wildman–Crippen MR) is 46.0 cm³/mol. The summed E-state index contributed by atoms with van der Waals surface area (Å²) in [6.45, 7) is 5.25. The Bertz CT molecular complexity index is 151. The van der Waals surface area contributed by atoms with Crippen LogP contribution in [-0.2, 0) is 4.74 Å². The van der Waals surface area contributed by atoms with Crippen LogP contribution < -0.4 is 0 Å². The van der Waals surface area contributed by atoms with Gasteiger partial charge in [-0.1, -0.05) is 0 Å². The summed E-state index contributed by atoms with van der Waals surface area (Å²) in [5.41, 5.74) is 0.275. The highest BCUT2D eigenvalue weighted by Crippen LogP contribution is 2.45. The van der Waals surface area contributed by atoms with E-state index in [1.54, 1.807) is 0 Å². The summed E-state index contributed by atoms with van der Waals surface area (Å²) in [6.07, 6.45) is 2.42. The molecule has 3 nitrogen and oxygen atoms in total. The highest BCUT2D eigenvalue weighted by atomic mass is 16.5. The minimum Gasteiger partial charge on any atom is -0.396 e. The molecule has 0 radical (unpaired) electrons. The molecule has 1 heterocycles. The molecule has 0 aromatic rings. The molecule has 2 aliphatic rings. The van der Waals surface area contributed by atoms with E-state index < -0.39 is 0 Å². The molecule has 2 rings (SSSR count). The zero-order chi connectivity index (χ0) is 8.44. The topological polar surface area (TPSA) is 32.7 Å². The lowest BCUT2D eigenvalue weighted by Crippen LogP contribution is -2.40. The summed E-state index contributed by atoms with van der Waals surface area (Å²) in [4.78, 5) is 2.41. The van der Waals surface area contributed by atoms with Crippen molar-refractivity contribution < 1.29 is 9.84 Å².